The van der Waals surface area contributed by atoms with Crippen molar-refractivity contribution in [2.45, 2.75) is 6.92 Å². The van der Waals surface area contributed by atoms with Gasteiger partial charge in [-0.2, -0.15) is 0 Å². The maximum Gasteiger partial charge on any atom is 0.163 e. The summed E-state index contributed by atoms with van der Waals surface area (Å²) in [5.41, 5.74) is 17.0. The molecular weight excluding hydrogens is 1390 g/mol. The molecule has 0 amide bonds. The molecule has 0 spiro atoms. The third kappa shape index (κ3) is 10.3. The highest BCUT2D eigenvalue weighted by atomic mass is 15.0. The lowest BCUT2D eigenvalue weighted by atomic mass is 9.89. The molecule has 8 aromatic heterocycles. The molecule has 0 aliphatic carbocycles. The molecule has 0 saturated heterocycles. The maximum atomic E-state index is 5.52. The van der Waals surface area contributed by atoms with Gasteiger partial charge in [-0.15, -0.1) is 0 Å². The number of hydrogen-bond donors (Lipinski definition) is 0. The van der Waals surface area contributed by atoms with Gasteiger partial charge in [0, 0.05) is 72.9 Å². The van der Waals surface area contributed by atoms with Gasteiger partial charge in [0.2, 0.25) is 0 Å². The van der Waals surface area contributed by atoms with E-state index >= 15 is 0 Å². The number of rotatable bonds is 9. The van der Waals surface area contributed by atoms with Crippen LogP contribution in [0, 0.1) is 6.92 Å². The van der Waals surface area contributed by atoms with Crippen molar-refractivity contribution >= 4 is 140 Å². The van der Waals surface area contributed by atoms with Crippen molar-refractivity contribution in [1.29, 1.82) is 0 Å². The van der Waals surface area contributed by atoms with E-state index in [0.29, 0.717) is 23.3 Å². The Kier molecular flexibility index (Phi) is 14.2. The van der Waals surface area contributed by atoms with Crippen molar-refractivity contribution in [3.8, 4) is 102 Å². The van der Waals surface area contributed by atoms with Crippen LogP contribution in [0.2, 0.25) is 0 Å². The van der Waals surface area contributed by atoms with Crippen LogP contribution in [0.1, 0.15) is 5.56 Å². The highest BCUT2D eigenvalue weighted by molar-refractivity contribution is 6.30. The molecule has 0 saturated carbocycles. The van der Waals surface area contributed by atoms with Crippen LogP contribution in [0.5, 0.6) is 0 Å². The zero-order valence-electron chi connectivity index (χ0n) is 60.4. The second-order valence-electron chi connectivity index (χ2n) is 28.9. The maximum absolute atomic E-state index is 5.52. The van der Waals surface area contributed by atoms with Crippen molar-refractivity contribution in [2.75, 3.05) is 0 Å². The summed E-state index contributed by atoms with van der Waals surface area (Å²) in [5, 5.41) is 25.5. The quantitative estimate of drug-likeness (QED) is 0.125. The fourth-order valence-corrected chi connectivity index (χ4v) is 17.3. The summed E-state index contributed by atoms with van der Waals surface area (Å²) in [5.74, 6) is 2.30. The molecule has 15 aromatic carbocycles. The second-order valence-corrected chi connectivity index (χ2v) is 28.9. The van der Waals surface area contributed by atoms with Crippen molar-refractivity contribution in [2.24, 2.45) is 0 Å². The van der Waals surface area contributed by atoms with E-state index in [4.69, 9.17) is 34.9 Å². The van der Waals surface area contributed by atoms with Gasteiger partial charge in [0.05, 0.1) is 45.0 Å². The van der Waals surface area contributed by atoms with Gasteiger partial charge in [-0.25, -0.2) is 59.8 Å². The largest absolute Gasteiger partial charge is 0.255 e. The van der Waals surface area contributed by atoms with Gasteiger partial charge in [0.15, 0.2) is 23.3 Å². The molecule has 0 fully saturated rings. The SMILES string of the molecule is Cc1ccc(-c2ccc3c4ccc(-c5ccc6cc(-c7ccc8c9ccc(-c%10ccc%11ccc%12c(-c%13ncnc(-c%14ccc%15c%16cc(-c%17ncncn%17)ccc%16c%16cc(-c%17ncncn%17)ccc%16c%15c%14)n%13)cccc%12c%11n%10)cc9c9ccccc9c8c7)c7cccnc7c6n5)cc4c4ccccc4c3c2)nc1-c1ccccn1. The van der Waals surface area contributed by atoms with Crippen molar-refractivity contribution < 1.29 is 0 Å². The Hall–Kier alpha value is -15.5. The van der Waals surface area contributed by atoms with Crippen LogP contribution in [0.3, 0.4) is 0 Å². The Balaban J connectivity index is 0.573. The van der Waals surface area contributed by atoms with E-state index in [0.717, 1.165) is 165 Å². The Morgan fingerprint density at radius 3 is 1.16 bits per heavy atom. The summed E-state index contributed by atoms with van der Waals surface area (Å²) in [6.45, 7) is 2.09. The van der Waals surface area contributed by atoms with Crippen LogP contribution in [-0.2, 0) is 0 Å². The van der Waals surface area contributed by atoms with E-state index in [1.165, 1.54) is 84.6 Å². The molecular formula is C99H56N14. The molecule has 0 unspecified atom stereocenters. The average molecular weight is 1440 g/mol. The Labute approximate surface area is 643 Å². The van der Waals surface area contributed by atoms with Crippen molar-refractivity contribution in [3.05, 3.63) is 329 Å². The summed E-state index contributed by atoms with van der Waals surface area (Å²) in [6.07, 6.45) is 11.4. The van der Waals surface area contributed by atoms with Crippen molar-refractivity contribution in [1.82, 2.24) is 69.8 Å². The lowest BCUT2D eigenvalue weighted by Gasteiger charge is -2.15. The Morgan fingerprint density at radius 2 is 0.602 bits per heavy atom. The predicted molar refractivity (Wildman–Crippen MR) is 457 cm³/mol. The average Bonchev–Trinajstić information content (AvgIpc) is 0.730. The smallest absolute Gasteiger partial charge is 0.163 e. The van der Waals surface area contributed by atoms with E-state index in [1.807, 2.05) is 36.7 Å². The van der Waals surface area contributed by atoms with Crippen LogP contribution in [0.15, 0.2) is 323 Å². The zero-order chi connectivity index (χ0) is 74.4. The number of aryl methyl sites for hydroxylation is 1. The molecule has 113 heavy (non-hydrogen) atoms. The van der Waals surface area contributed by atoms with Crippen LogP contribution in [-0.4, -0.2) is 69.8 Å². The van der Waals surface area contributed by atoms with Gasteiger partial charge in [-0.05, 0) is 211 Å². The van der Waals surface area contributed by atoms with Gasteiger partial charge < -0.3 is 0 Å². The topological polar surface area (TPSA) is 180 Å². The van der Waals surface area contributed by atoms with E-state index in [1.54, 1.807) is 6.33 Å². The number of hydrogen-bond acceptors (Lipinski definition) is 14. The van der Waals surface area contributed by atoms with E-state index in [2.05, 4.69) is 297 Å². The molecule has 0 atom stereocenters. The first-order valence-corrected chi connectivity index (χ1v) is 37.5. The number of benzene rings is 15. The Bertz CT molecular complexity index is 7910. The number of nitrogens with zero attached hydrogens (tertiary/aromatic N) is 14. The lowest BCUT2D eigenvalue weighted by Crippen LogP contribution is -1.97. The van der Waals surface area contributed by atoms with Gasteiger partial charge in [0.25, 0.3) is 0 Å². The lowest BCUT2D eigenvalue weighted by molar-refractivity contribution is 1.06. The Morgan fingerprint density at radius 1 is 0.195 bits per heavy atom. The number of aromatic nitrogens is 14. The first kappa shape index (κ1) is 63.5. The molecule has 23 rings (SSSR count). The van der Waals surface area contributed by atoms with Gasteiger partial charge in [-0.1, -0.05) is 194 Å². The molecule has 0 N–H and O–H groups in total. The summed E-state index contributed by atoms with van der Waals surface area (Å²) in [7, 11) is 0. The molecule has 522 valence electrons. The van der Waals surface area contributed by atoms with Gasteiger partial charge >= 0.3 is 0 Å². The highest BCUT2D eigenvalue weighted by Gasteiger charge is 2.22. The highest BCUT2D eigenvalue weighted by Crippen LogP contribution is 2.46. The standard InChI is InChI=1S/C99H56N14/c1-55-18-37-88(110-92(55)91-17-6-7-40-102-91)58-21-31-71-72-33-23-60(45-84(72)68-13-5-4-12-67(68)82(71)43-58)90-39-28-61-46-80(78-16-9-41-103-95(78)94(61)112-90)57-20-30-69-70-32-22-59(44-83(70)66-11-3-2-10-65(66)81(69)42-57)89-38-27-56-19-29-73-77(93(56)111-89)14-8-15-79(73)99-109-54-108-98(113-99)64-26-36-76-86-48-62(96-104-50-100-51-105-96)24-34-74(86)85-47-63(97-106-52-101-53-107-97)25-35-75(85)87(76)49-64/h2-54H,1H3. The van der Waals surface area contributed by atoms with E-state index < -0.39 is 0 Å². The minimum absolute atomic E-state index is 0.552. The summed E-state index contributed by atoms with van der Waals surface area (Å²) in [4.78, 5) is 66.8. The fraction of sp³-hybridized carbons (Fsp3) is 0.0101. The van der Waals surface area contributed by atoms with Crippen molar-refractivity contribution in [3.63, 3.8) is 0 Å². The monoisotopic (exact) mass is 1440 g/mol. The van der Waals surface area contributed by atoms with Crippen LogP contribution < -0.4 is 0 Å². The normalized spacial score (nSPS) is 11.9. The molecule has 8 heterocycles. The summed E-state index contributed by atoms with van der Waals surface area (Å²) >= 11 is 0. The van der Waals surface area contributed by atoms with Crippen LogP contribution >= 0.6 is 0 Å². The van der Waals surface area contributed by atoms with E-state index in [9.17, 15) is 0 Å². The minimum atomic E-state index is 0.552. The third-order valence-electron chi connectivity index (χ3n) is 22.6. The molecule has 0 bridgehead atoms. The number of pyridine rings is 5. The molecule has 23 aromatic rings. The number of fused-ring (bicyclic) bond motifs is 24. The molecule has 14 heteroatoms. The minimum Gasteiger partial charge on any atom is -0.255 e. The fourth-order valence-electron chi connectivity index (χ4n) is 17.3. The first-order chi connectivity index (χ1) is 55.9. The summed E-state index contributed by atoms with van der Waals surface area (Å²) < 4.78 is 0. The first-order valence-electron chi connectivity index (χ1n) is 37.5. The molecule has 0 aliphatic heterocycles. The van der Waals surface area contributed by atoms with Crippen LogP contribution in [0.4, 0.5) is 0 Å². The van der Waals surface area contributed by atoms with Gasteiger partial charge in [0.1, 0.15) is 31.6 Å². The zero-order valence-corrected chi connectivity index (χ0v) is 60.4. The molecule has 0 aliphatic rings. The van der Waals surface area contributed by atoms with E-state index in [-0.39, 0.29) is 0 Å². The summed E-state index contributed by atoms with van der Waals surface area (Å²) in [6, 6.07) is 99.9. The molecule has 0 radical (unpaired) electrons. The third-order valence-corrected chi connectivity index (χ3v) is 22.6. The second kappa shape index (κ2) is 25.3. The molecule has 14 nitrogen and oxygen atoms in total. The predicted octanol–water partition coefficient (Wildman–Crippen LogP) is 23.5. The van der Waals surface area contributed by atoms with Gasteiger partial charge in [-0.3, -0.25) is 9.97 Å². The van der Waals surface area contributed by atoms with Crippen LogP contribution in [0.25, 0.3) is 242 Å².